The highest BCUT2D eigenvalue weighted by Crippen LogP contribution is 2.33. The Kier molecular flexibility index (Phi) is 3.78. The van der Waals surface area contributed by atoms with Gasteiger partial charge in [0.25, 0.3) is 0 Å². The molecule has 1 heterocycles. The molecule has 3 nitrogen and oxygen atoms in total. The minimum absolute atomic E-state index is 0.546. The van der Waals surface area contributed by atoms with Crippen LogP contribution in [0.15, 0.2) is 23.2 Å². The Hall–Kier alpha value is -1.26. The van der Waals surface area contributed by atoms with Crippen molar-refractivity contribution in [3.63, 3.8) is 0 Å². The Labute approximate surface area is 116 Å². The van der Waals surface area contributed by atoms with Gasteiger partial charge in [0.1, 0.15) is 0 Å². The summed E-state index contributed by atoms with van der Waals surface area (Å²) < 4.78 is 1.24. The number of benzene rings is 1. The van der Waals surface area contributed by atoms with Crippen molar-refractivity contribution < 1.29 is 0 Å². The van der Waals surface area contributed by atoms with Crippen molar-refractivity contribution in [2.45, 2.75) is 13.5 Å². The second-order valence-electron chi connectivity index (χ2n) is 4.36. The predicted octanol–water partition coefficient (Wildman–Crippen LogP) is 3.24. The van der Waals surface area contributed by atoms with Crippen LogP contribution in [-0.2, 0) is 6.54 Å². The molecule has 0 amide bonds. The monoisotopic (exact) mass is 281 g/mol. The molecule has 0 saturated carbocycles. The van der Waals surface area contributed by atoms with Gasteiger partial charge >= 0.3 is 0 Å². The third-order valence-electron chi connectivity index (χ3n) is 2.84. The summed E-state index contributed by atoms with van der Waals surface area (Å²) in [6, 6.07) is 5.98. The minimum atomic E-state index is 0.546. The lowest BCUT2D eigenvalue weighted by Gasteiger charge is -2.09. The third kappa shape index (κ3) is 2.60. The average Bonchev–Trinajstić information content (AvgIpc) is 2.63. The summed E-state index contributed by atoms with van der Waals surface area (Å²) >= 11 is 7.77. The van der Waals surface area contributed by atoms with Crippen molar-refractivity contribution in [2.75, 3.05) is 14.1 Å². The molecule has 2 N–H and O–H groups in total. The first-order chi connectivity index (χ1) is 8.49. The number of hydrogen-bond acceptors (Lipinski definition) is 2. The molecule has 0 unspecified atom stereocenters. The van der Waals surface area contributed by atoms with Gasteiger partial charge in [0.15, 0.2) is 5.96 Å². The fraction of sp³-hybridized carbons (Fsp3) is 0.308. The largest absolute Gasteiger partial charge is 0.370 e. The van der Waals surface area contributed by atoms with Crippen LogP contribution in [0.3, 0.4) is 0 Å². The standard InChI is InChI=1S/C13H16ClN3S/c1-8-10-6-9(14)4-5-11(10)18-12(8)7-16-13(15)17(2)3/h4-6H,7H2,1-3H3,(H2,15,16). The van der Waals surface area contributed by atoms with E-state index in [0.717, 1.165) is 5.02 Å². The number of nitrogens with two attached hydrogens (primary N) is 1. The fourth-order valence-electron chi connectivity index (χ4n) is 1.69. The van der Waals surface area contributed by atoms with Crippen molar-refractivity contribution in [1.29, 1.82) is 0 Å². The lowest BCUT2D eigenvalue weighted by molar-refractivity contribution is 0.609. The molecule has 0 aliphatic rings. The van der Waals surface area contributed by atoms with Crippen LogP contribution < -0.4 is 5.73 Å². The summed E-state index contributed by atoms with van der Waals surface area (Å²) in [5, 5.41) is 1.98. The van der Waals surface area contributed by atoms with E-state index < -0.39 is 0 Å². The minimum Gasteiger partial charge on any atom is -0.370 e. The maximum absolute atomic E-state index is 6.02. The average molecular weight is 282 g/mol. The third-order valence-corrected chi connectivity index (χ3v) is 4.33. The van der Waals surface area contributed by atoms with E-state index in [1.54, 1.807) is 16.2 Å². The second-order valence-corrected chi connectivity index (χ2v) is 5.93. The molecule has 0 radical (unpaired) electrons. The SMILES string of the molecule is Cc1c(CN=C(N)N(C)C)sc2ccc(Cl)cc12. The highest BCUT2D eigenvalue weighted by molar-refractivity contribution is 7.19. The van der Waals surface area contributed by atoms with Gasteiger partial charge in [0, 0.05) is 28.7 Å². The Balaban J connectivity index is 2.35. The molecule has 2 aromatic rings. The normalized spacial score (nSPS) is 12.1. The van der Waals surface area contributed by atoms with E-state index in [1.165, 1.54) is 20.5 Å². The molecule has 0 fully saturated rings. The second kappa shape index (κ2) is 5.16. The smallest absolute Gasteiger partial charge is 0.191 e. The van der Waals surface area contributed by atoms with E-state index in [1.807, 2.05) is 26.2 Å². The van der Waals surface area contributed by atoms with Crippen molar-refractivity contribution in [2.24, 2.45) is 10.7 Å². The first-order valence-electron chi connectivity index (χ1n) is 5.64. The summed E-state index contributed by atoms with van der Waals surface area (Å²) in [7, 11) is 3.77. The lowest BCUT2D eigenvalue weighted by Crippen LogP contribution is -2.30. The lowest BCUT2D eigenvalue weighted by atomic mass is 10.1. The zero-order valence-corrected chi connectivity index (χ0v) is 12.3. The van der Waals surface area contributed by atoms with E-state index in [4.69, 9.17) is 17.3 Å². The molecule has 2 rings (SSSR count). The zero-order chi connectivity index (χ0) is 13.3. The zero-order valence-electron chi connectivity index (χ0n) is 10.7. The number of nitrogens with zero attached hydrogens (tertiary/aromatic N) is 2. The van der Waals surface area contributed by atoms with E-state index >= 15 is 0 Å². The van der Waals surface area contributed by atoms with Crippen LogP contribution in [0.2, 0.25) is 5.02 Å². The molecular formula is C13H16ClN3S. The van der Waals surface area contributed by atoms with Crippen LogP contribution in [0.4, 0.5) is 0 Å². The quantitative estimate of drug-likeness (QED) is 0.678. The molecule has 0 saturated heterocycles. The Morgan fingerprint density at radius 1 is 1.44 bits per heavy atom. The van der Waals surface area contributed by atoms with E-state index in [-0.39, 0.29) is 0 Å². The topological polar surface area (TPSA) is 41.6 Å². The molecule has 96 valence electrons. The van der Waals surface area contributed by atoms with Crippen molar-refractivity contribution in [3.05, 3.63) is 33.7 Å². The van der Waals surface area contributed by atoms with Gasteiger partial charge < -0.3 is 10.6 Å². The number of aryl methyl sites for hydroxylation is 1. The highest BCUT2D eigenvalue weighted by Gasteiger charge is 2.08. The summed E-state index contributed by atoms with van der Waals surface area (Å²) in [6.45, 7) is 2.72. The van der Waals surface area contributed by atoms with Gasteiger partial charge in [0.05, 0.1) is 6.54 Å². The van der Waals surface area contributed by atoms with Crippen molar-refractivity contribution in [1.82, 2.24) is 4.90 Å². The van der Waals surface area contributed by atoms with Gasteiger partial charge in [-0.25, -0.2) is 4.99 Å². The van der Waals surface area contributed by atoms with Gasteiger partial charge in [-0.05, 0) is 36.1 Å². The van der Waals surface area contributed by atoms with Crippen LogP contribution in [0.25, 0.3) is 10.1 Å². The number of guanidine groups is 1. The molecule has 0 aliphatic carbocycles. The summed E-state index contributed by atoms with van der Waals surface area (Å²) in [6.07, 6.45) is 0. The number of halogens is 1. The molecule has 0 aliphatic heterocycles. The first-order valence-corrected chi connectivity index (χ1v) is 6.83. The van der Waals surface area contributed by atoms with Gasteiger partial charge in [-0.1, -0.05) is 11.6 Å². The number of hydrogen-bond donors (Lipinski definition) is 1. The summed E-state index contributed by atoms with van der Waals surface area (Å²) in [5.74, 6) is 0.546. The van der Waals surface area contributed by atoms with Gasteiger partial charge in [-0.3, -0.25) is 0 Å². The van der Waals surface area contributed by atoms with Gasteiger partial charge in [-0.2, -0.15) is 0 Å². The summed E-state index contributed by atoms with van der Waals surface area (Å²) in [5.41, 5.74) is 7.04. The molecular weight excluding hydrogens is 266 g/mol. The molecule has 18 heavy (non-hydrogen) atoms. The Bertz CT molecular complexity index is 602. The summed E-state index contributed by atoms with van der Waals surface area (Å²) in [4.78, 5) is 7.41. The van der Waals surface area contributed by atoms with Crippen molar-refractivity contribution >= 4 is 39.0 Å². The van der Waals surface area contributed by atoms with Crippen molar-refractivity contribution in [3.8, 4) is 0 Å². The highest BCUT2D eigenvalue weighted by atomic mass is 35.5. The fourth-order valence-corrected chi connectivity index (χ4v) is 2.98. The van der Waals surface area contributed by atoms with Gasteiger partial charge in [-0.15, -0.1) is 11.3 Å². The molecule has 5 heteroatoms. The van der Waals surface area contributed by atoms with Crippen LogP contribution in [0, 0.1) is 6.92 Å². The van der Waals surface area contributed by atoms with E-state index in [0.29, 0.717) is 12.5 Å². The van der Waals surface area contributed by atoms with Crippen LogP contribution >= 0.6 is 22.9 Å². The molecule has 0 bridgehead atoms. The van der Waals surface area contributed by atoms with E-state index in [9.17, 15) is 0 Å². The Morgan fingerprint density at radius 3 is 2.83 bits per heavy atom. The molecule has 0 atom stereocenters. The number of fused-ring (bicyclic) bond motifs is 1. The first kappa shape index (κ1) is 13.2. The van der Waals surface area contributed by atoms with Crippen LogP contribution in [0.5, 0.6) is 0 Å². The molecule has 1 aromatic carbocycles. The van der Waals surface area contributed by atoms with Crippen LogP contribution in [-0.4, -0.2) is 25.0 Å². The molecule has 0 spiro atoms. The number of thiophene rings is 1. The number of aliphatic imine (C=N–C) groups is 1. The van der Waals surface area contributed by atoms with Crippen LogP contribution in [0.1, 0.15) is 10.4 Å². The van der Waals surface area contributed by atoms with Gasteiger partial charge in [0.2, 0.25) is 0 Å². The Morgan fingerprint density at radius 2 is 2.17 bits per heavy atom. The predicted molar refractivity (Wildman–Crippen MR) is 80.6 cm³/mol. The maximum atomic E-state index is 6.02. The maximum Gasteiger partial charge on any atom is 0.191 e. The van der Waals surface area contributed by atoms with E-state index in [2.05, 4.69) is 18.0 Å². The molecule has 1 aromatic heterocycles. The number of rotatable bonds is 2.